The van der Waals surface area contributed by atoms with E-state index in [4.69, 9.17) is 26.8 Å². The molecule has 0 heterocycles. The van der Waals surface area contributed by atoms with Gasteiger partial charge >= 0.3 is 0 Å². The lowest BCUT2D eigenvalue weighted by Crippen LogP contribution is -2.20. The third-order valence-corrected chi connectivity index (χ3v) is 3.68. The standard InChI is InChI=1S/C18H21ClN2O3/c1-23-17-10-14(4-7-16(17)24-12-18(20)22)11-21-9-8-13-2-5-15(19)6-3-13/h2-7,10,21H,8-9,11-12H2,1H3,(H2,20,22). The Hall–Kier alpha value is -2.24. The normalized spacial score (nSPS) is 10.4. The maximum absolute atomic E-state index is 10.8. The Morgan fingerprint density at radius 2 is 1.83 bits per heavy atom. The minimum absolute atomic E-state index is 0.172. The summed E-state index contributed by atoms with van der Waals surface area (Å²) in [6, 6.07) is 13.4. The number of halogens is 1. The number of nitrogens with two attached hydrogens (primary N) is 1. The van der Waals surface area contributed by atoms with Crippen molar-refractivity contribution >= 4 is 17.5 Å². The van der Waals surface area contributed by atoms with Crippen LogP contribution < -0.4 is 20.5 Å². The smallest absolute Gasteiger partial charge is 0.255 e. The van der Waals surface area contributed by atoms with Gasteiger partial charge in [-0.15, -0.1) is 0 Å². The second kappa shape index (κ2) is 9.15. The summed E-state index contributed by atoms with van der Waals surface area (Å²) in [5.74, 6) is 0.555. The molecular formula is C18H21ClN2O3. The first kappa shape index (κ1) is 18.1. The number of methoxy groups -OCH3 is 1. The van der Waals surface area contributed by atoms with Crippen molar-refractivity contribution in [2.24, 2.45) is 5.73 Å². The van der Waals surface area contributed by atoms with Crippen LogP contribution in [-0.2, 0) is 17.8 Å². The number of primary amides is 1. The van der Waals surface area contributed by atoms with Crippen LogP contribution in [-0.4, -0.2) is 26.2 Å². The number of hydrogen-bond acceptors (Lipinski definition) is 4. The molecule has 0 aliphatic heterocycles. The Morgan fingerprint density at radius 1 is 1.12 bits per heavy atom. The lowest BCUT2D eigenvalue weighted by Gasteiger charge is -2.12. The van der Waals surface area contributed by atoms with E-state index in [1.807, 2.05) is 36.4 Å². The summed E-state index contributed by atoms with van der Waals surface area (Å²) in [5.41, 5.74) is 7.38. The van der Waals surface area contributed by atoms with Gasteiger partial charge in [0.2, 0.25) is 0 Å². The Bertz CT molecular complexity index is 674. The predicted molar refractivity (Wildman–Crippen MR) is 94.5 cm³/mol. The molecule has 0 atom stereocenters. The van der Waals surface area contributed by atoms with Gasteiger partial charge in [0.25, 0.3) is 5.91 Å². The molecule has 0 saturated carbocycles. The van der Waals surface area contributed by atoms with E-state index in [0.717, 1.165) is 23.6 Å². The molecule has 0 fully saturated rings. The monoisotopic (exact) mass is 348 g/mol. The number of benzene rings is 2. The zero-order valence-electron chi connectivity index (χ0n) is 13.5. The van der Waals surface area contributed by atoms with Crippen LogP contribution in [0.4, 0.5) is 0 Å². The quantitative estimate of drug-likeness (QED) is 0.683. The molecule has 0 spiro atoms. The summed E-state index contributed by atoms with van der Waals surface area (Å²) >= 11 is 5.87. The number of carbonyl (C=O) groups is 1. The molecule has 0 aliphatic rings. The van der Waals surface area contributed by atoms with Crippen LogP contribution in [0.5, 0.6) is 11.5 Å². The molecule has 6 heteroatoms. The second-order valence-corrected chi connectivity index (χ2v) is 5.73. The highest BCUT2D eigenvalue weighted by Crippen LogP contribution is 2.27. The first-order valence-electron chi connectivity index (χ1n) is 7.61. The van der Waals surface area contributed by atoms with Crippen molar-refractivity contribution < 1.29 is 14.3 Å². The fraction of sp³-hybridized carbons (Fsp3) is 0.278. The molecule has 5 nitrogen and oxygen atoms in total. The molecule has 24 heavy (non-hydrogen) atoms. The van der Waals surface area contributed by atoms with Crippen LogP contribution in [0.25, 0.3) is 0 Å². The molecule has 2 aromatic rings. The zero-order valence-corrected chi connectivity index (χ0v) is 14.3. The molecule has 2 rings (SSSR count). The zero-order chi connectivity index (χ0) is 17.4. The van der Waals surface area contributed by atoms with Crippen molar-refractivity contribution in [3.05, 3.63) is 58.6 Å². The van der Waals surface area contributed by atoms with E-state index in [1.165, 1.54) is 5.56 Å². The van der Waals surface area contributed by atoms with Crippen molar-refractivity contribution in [1.29, 1.82) is 0 Å². The summed E-state index contributed by atoms with van der Waals surface area (Å²) in [6.45, 7) is 1.39. The van der Waals surface area contributed by atoms with E-state index < -0.39 is 5.91 Å². The van der Waals surface area contributed by atoms with Gasteiger partial charge in [-0.25, -0.2) is 0 Å². The first-order valence-corrected chi connectivity index (χ1v) is 7.99. The molecule has 0 radical (unpaired) electrons. The van der Waals surface area contributed by atoms with Crippen LogP contribution in [0.2, 0.25) is 5.02 Å². The largest absolute Gasteiger partial charge is 0.493 e. The van der Waals surface area contributed by atoms with E-state index >= 15 is 0 Å². The van der Waals surface area contributed by atoms with Crippen molar-refractivity contribution in [3.8, 4) is 11.5 Å². The third-order valence-electron chi connectivity index (χ3n) is 3.43. The molecule has 0 saturated heterocycles. The Kier molecular flexibility index (Phi) is 6.90. The van der Waals surface area contributed by atoms with Crippen molar-refractivity contribution in [2.75, 3.05) is 20.3 Å². The highest BCUT2D eigenvalue weighted by atomic mass is 35.5. The maximum atomic E-state index is 10.8. The van der Waals surface area contributed by atoms with Gasteiger partial charge in [0.1, 0.15) is 0 Å². The van der Waals surface area contributed by atoms with Gasteiger partial charge in [-0.2, -0.15) is 0 Å². The molecule has 2 aromatic carbocycles. The predicted octanol–water partition coefficient (Wildman–Crippen LogP) is 2.54. The second-order valence-electron chi connectivity index (χ2n) is 5.29. The molecule has 0 unspecified atom stereocenters. The number of ether oxygens (including phenoxy) is 2. The molecule has 1 amide bonds. The van der Waals surface area contributed by atoms with E-state index in [2.05, 4.69) is 5.32 Å². The summed E-state index contributed by atoms with van der Waals surface area (Å²) in [6.07, 6.45) is 0.925. The fourth-order valence-corrected chi connectivity index (χ4v) is 2.33. The molecule has 0 aromatic heterocycles. The van der Waals surface area contributed by atoms with Crippen molar-refractivity contribution in [1.82, 2.24) is 5.32 Å². The van der Waals surface area contributed by atoms with E-state index in [9.17, 15) is 4.79 Å². The molecule has 0 bridgehead atoms. The van der Waals surface area contributed by atoms with Gasteiger partial charge in [-0.3, -0.25) is 4.79 Å². The van der Waals surface area contributed by atoms with Gasteiger partial charge in [-0.05, 0) is 48.4 Å². The summed E-state index contributed by atoms with van der Waals surface area (Å²) < 4.78 is 10.6. The Balaban J connectivity index is 1.83. The third kappa shape index (κ3) is 5.76. The van der Waals surface area contributed by atoms with Gasteiger partial charge in [0.05, 0.1) is 7.11 Å². The molecule has 0 aliphatic carbocycles. The SMILES string of the molecule is COc1cc(CNCCc2ccc(Cl)cc2)ccc1OCC(N)=O. The van der Waals surface area contributed by atoms with Crippen LogP contribution >= 0.6 is 11.6 Å². The van der Waals surface area contributed by atoms with E-state index in [1.54, 1.807) is 13.2 Å². The number of amides is 1. The maximum Gasteiger partial charge on any atom is 0.255 e. The van der Waals surface area contributed by atoms with Gasteiger partial charge < -0.3 is 20.5 Å². The van der Waals surface area contributed by atoms with Crippen LogP contribution in [0.1, 0.15) is 11.1 Å². The minimum Gasteiger partial charge on any atom is -0.493 e. The van der Waals surface area contributed by atoms with Crippen LogP contribution in [0, 0.1) is 0 Å². The molecule has 128 valence electrons. The van der Waals surface area contributed by atoms with E-state index in [0.29, 0.717) is 18.0 Å². The van der Waals surface area contributed by atoms with E-state index in [-0.39, 0.29) is 6.61 Å². The summed E-state index contributed by atoms with van der Waals surface area (Å²) in [4.78, 5) is 10.8. The van der Waals surface area contributed by atoms with Crippen molar-refractivity contribution in [3.63, 3.8) is 0 Å². The van der Waals surface area contributed by atoms with Gasteiger partial charge in [0.15, 0.2) is 18.1 Å². The van der Waals surface area contributed by atoms with Gasteiger partial charge in [-0.1, -0.05) is 29.8 Å². The van der Waals surface area contributed by atoms with Crippen molar-refractivity contribution in [2.45, 2.75) is 13.0 Å². The van der Waals surface area contributed by atoms with Crippen LogP contribution in [0.3, 0.4) is 0 Å². The highest BCUT2D eigenvalue weighted by Gasteiger charge is 2.07. The van der Waals surface area contributed by atoms with Gasteiger partial charge in [0, 0.05) is 11.6 Å². The summed E-state index contributed by atoms with van der Waals surface area (Å²) in [7, 11) is 1.56. The average molecular weight is 349 g/mol. The highest BCUT2D eigenvalue weighted by molar-refractivity contribution is 6.30. The topological polar surface area (TPSA) is 73.6 Å². The Morgan fingerprint density at radius 3 is 2.50 bits per heavy atom. The first-order chi connectivity index (χ1) is 11.6. The molecule has 3 N–H and O–H groups in total. The minimum atomic E-state index is -0.523. The Labute approximate surface area is 146 Å². The molecular weight excluding hydrogens is 328 g/mol. The lowest BCUT2D eigenvalue weighted by atomic mass is 10.1. The lowest BCUT2D eigenvalue weighted by molar-refractivity contribution is -0.119. The fourth-order valence-electron chi connectivity index (χ4n) is 2.21. The number of nitrogens with one attached hydrogen (secondary N) is 1. The number of rotatable bonds is 9. The number of hydrogen-bond donors (Lipinski definition) is 2. The van der Waals surface area contributed by atoms with Crippen LogP contribution in [0.15, 0.2) is 42.5 Å². The summed E-state index contributed by atoms with van der Waals surface area (Å²) in [5, 5.41) is 4.13. The average Bonchev–Trinajstić information content (AvgIpc) is 2.58. The number of carbonyl (C=O) groups excluding carboxylic acids is 1.